The van der Waals surface area contributed by atoms with Crippen LogP contribution >= 0.6 is 23.5 Å². The molecule has 0 N–H and O–H groups in total. The van der Waals surface area contributed by atoms with Crippen molar-refractivity contribution in [1.29, 1.82) is 0 Å². The highest BCUT2D eigenvalue weighted by molar-refractivity contribution is 8.08. The average Bonchev–Trinajstić information content (AvgIpc) is 2.39. The molecule has 0 nitrogen and oxygen atoms in total. The summed E-state index contributed by atoms with van der Waals surface area (Å²) in [6, 6.07) is 0. The molecule has 18 heavy (non-hydrogen) atoms. The third kappa shape index (κ3) is 15.9. The fourth-order valence-electron chi connectivity index (χ4n) is 1.47. The number of hydrogen-bond acceptors (Lipinski definition) is 2. The van der Waals surface area contributed by atoms with Crippen LogP contribution in [0.5, 0.6) is 0 Å². The lowest BCUT2D eigenvalue weighted by Gasteiger charge is -1.97. The van der Waals surface area contributed by atoms with Gasteiger partial charge >= 0.3 is 0 Å². The van der Waals surface area contributed by atoms with Gasteiger partial charge in [-0.3, -0.25) is 0 Å². The second kappa shape index (κ2) is 16.9. The highest BCUT2D eigenvalue weighted by Gasteiger charge is 1.87. The van der Waals surface area contributed by atoms with Crippen molar-refractivity contribution in [2.75, 3.05) is 0 Å². The molecule has 0 spiro atoms. The summed E-state index contributed by atoms with van der Waals surface area (Å²) in [6.07, 6.45) is 15.1. The summed E-state index contributed by atoms with van der Waals surface area (Å²) in [7, 11) is 0. The van der Waals surface area contributed by atoms with Crippen molar-refractivity contribution in [3.05, 3.63) is 33.8 Å². The summed E-state index contributed by atoms with van der Waals surface area (Å²) in [4.78, 5) is 0. The summed E-state index contributed by atoms with van der Waals surface area (Å²) >= 11 is 3.51. The van der Waals surface area contributed by atoms with Gasteiger partial charge in [-0.15, -0.1) is 23.5 Å². The molecule has 2 heteroatoms. The molecule has 0 saturated heterocycles. The van der Waals surface area contributed by atoms with Crippen molar-refractivity contribution in [3.63, 3.8) is 0 Å². The third-order valence-electron chi connectivity index (χ3n) is 2.52. The fraction of sp³-hybridized carbons (Fsp3) is 0.625. The Morgan fingerprint density at radius 1 is 0.667 bits per heavy atom. The zero-order chi connectivity index (χ0) is 13.3. The Balaban J connectivity index is 3.20. The Morgan fingerprint density at radius 3 is 1.94 bits per heavy atom. The first-order valence-electron chi connectivity index (χ1n) is 7.17. The molecule has 0 aliphatic carbocycles. The number of allylic oxidation sites excluding steroid dienone is 2. The van der Waals surface area contributed by atoms with Crippen LogP contribution in [0.2, 0.25) is 0 Å². The SMILES string of the molecule is CCC=CSC=CSC=CCCCCCCCC. The van der Waals surface area contributed by atoms with Gasteiger partial charge in [-0.2, -0.15) is 0 Å². The number of unbranched alkanes of at least 4 members (excludes halogenated alkanes) is 6. The number of thioether (sulfide) groups is 2. The zero-order valence-electron chi connectivity index (χ0n) is 11.9. The van der Waals surface area contributed by atoms with E-state index in [1.165, 1.54) is 44.9 Å². The van der Waals surface area contributed by atoms with E-state index in [1.54, 1.807) is 23.5 Å². The van der Waals surface area contributed by atoms with Gasteiger partial charge in [0.05, 0.1) is 0 Å². The van der Waals surface area contributed by atoms with E-state index in [0.29, 0.717) is 0 Å². The monoisotopic (exact) mass is 284 g/mol. The van der Waals surface area contributed by atoms with E-state index >= 15 is 0 Å². The molecule has 0 bridgehead atoms. The van der Waals surface area contributed by atoms with Crippen LogP contribution in [0.1, 0.15) is 65.2 Å². The molecule has 0 amide bonds. The maximum atomic E-state index is 2.29. The van der Waals surface area contributed by atoms with Crippen LogP contribution in [0.25, 0.3) is 0 Å². The van der Waals surface area contributed by atoms with Gasteiger partial charge in [0.25, 0.3) is 0 Å². The summed E-state index contributed by atoms with van der Waals surface area (Å²) in [5, 5.41) is 8.61. The van der Waals surface area contributed by atoms with Gasteiger partial charge in [-0.1, -0.05) is 58.1 Å². The number of hydrogen-bond donors (Lipinski definition) is 0. The first kappa shape index (κ1) is 17.9. The van der Waals surface area contributed by atoms with Crippen LogP contribution in [0.4, 0.5) is 0 Å². The van der Waals surface area contributed by atoms with E-state index in [1.807, 2.05) is 0 Å². The van der Waals surface area contributed by atoms with Gasteiger partial charge < -0.3 is 0 Å². The van der Waals surface area contributed by atoms with E-state index in [9.17, 15) is 0 Å². The van der Waals surface area contributed by atoms with E-state index in [4.69, 9.17) is 0 Å². The smallest absolute Gasteiger partial charge is 0.0182 e. The van der Waals surface area contributed by atoms with Crippen LogP contribution in [-0.2, 0) is 0 Å². The Morgan fingerprint density at radius 2 is 1.28 bits per heavy atom. The van der Waals surface area contributed by atoms with Gasteiger partial charge in [0, 0.05) is 0 Å². The van der Waals surface area contributed by atoms with Crippen molar-refractivity contribution in [1.82, 2.24) is 0 Å². The third-order valence-corrected chi connectivity index (χ3v) is 3.98. The van der Waals surface area contributed by atoms with E-state index in [2.05, 4.69) is 47.6 Å². The maximum absolute atomic E-state index is 2.29. The highest BCUT2D eigenvalue weighted by Crippen LogP contribution is 2.13. The molecular formula is C16H28S2. The Kier molecular flexibility index (Phi) is 16.8. The normalized spacial score (nSPS) is 12.3. The fourth-order valence-corrected chi connectivity index (χ4v) is 2.72. The minimum absolute atomic E-state index is 1.12. The summed E-state index contributed by atoms with van der Waals surface area (Å²) in [5.41, 5.74) is 0. The molecule has 0 aromatic carbocycles. The lowest BCUT2D eigenvalue weighted by Crippen LogP contribution is -1.77. The van der Waals surface area contributed by atoms with Crippen molar-refractivity contribution in [2.24, 2.45) is 0 Å². The first-order valence-corrected chi connectivity index (χ1v) is 9.06. The van der Waals surface area contributed by atoms with Gasteiger partial charge in [-0.05, 0) is 40.9 Å². The van der Waals surface area contributed by atoms with Crippen molar-refractivity contribution in [3.8, 4) is 0 Å². The molecule has 0 aliphatic rings. The van der Waals surface area contributed by atoms with Crippen LogP contribution in [0.3, 0.4) is 0 Å². The first-order chi connectivity index (χ1) is 8.91. The zero-order valence-corrected chi connectivity index (χ0v) is 13.6. The number of rotatable bonds is 12. The molecule has 0 aromatic rings. The molecule has 0 atom stereocenters. The molecule has 0 saturated carbocycles. The lowest BCUT2D eigenvalue weighted by atomic mass is 10.1. The molecule has 0 radical (unpaired) electrons. The molecule has 0 aromatic heterocycles. The highest BCUT2D eigenvalue weighted by atomic mass is 32.2. The molecular weight excluding hydrogens is 256 g/mol. The van der Waals surface area contributed by atoms with Crippen LogP contribution in [0, 0.1) is 0 Å². The lowest BCUT2D eigenvalue weighted by molar-refractivity contribution is 0.611. The van der Waals surface area contributed by atoms with Gasteiger partial charge in [-0.25, -0.2) is 0 Å². The minimum Gasteiger partial charge on any atom is -0.106 e. The second-order valence-corrected chi connectivity index (χ2v) is 5.89. The Bertz CT molecular complexity index is 229. The molecule has 0 fully saturated rings. The molecule has 0 unspecified atom stereocenters. The van der Waals surface area contributed by atoms with Gasteiger partial charge in [0.1, 0.15) is 0 Å². The van der Waals surface area contributed by atoms with Crippen LogP contribution < -0.4 is 0 Å². The second-order valence-electron chi connectivity index (χ2n) is 4.25. The van der Waals surface area contributed by atoms with Crippen LogP contribution in [0.15, 0.2) is 33.8 Å². The molecule has 104 valence electrons. The van der Waals surface area contributed by atoms with E-state index < -0.39 is 0 Å². The Hall–Kier alpha value is -0.0800. The van der Waals surface area contributed by atoms with Crippen molar-refractivity contribution in [2.45, 2.75) is 65.2 Å². The topological polar surface area (TPSA) is 0 Å². The minimum atomic E-state index is 1.12. The summed E-state index contributed by atoms with van der Waals surface area (Å²) in [6.45, 7) is 4.42. The molecule has 0 heterocycles. The standard InChI is InChI=1S/C16H28S2/c1-3-5-7-8-9-10-11-12-14-18-16-15-17-13-6-4-2/h6,12-16H,3-5,7-11H2,1-2H3. The predicted molar refractivity (Wildman–Crippen MR) is 90.9 cm³/mol. The van der Waals surface area contributed by atoms with Crippen molar-refractivity contribution >= 4 is 23.5 Å². The Labute approximate surface area is 122 Å². The maximum Gasteiger partial charge on any atom is -0.0182 e. The summed E-state index contributed by atoms with van der Waals surface area (Å²) < 4.78 is 0. The summed E-state index contributed by atoms with van der Waals surface area (Å²) in [5.74, 6) is 0. The average molecular weight is 285 g/mol. The molecule has 0 rings (SSSR count). The molecule has 0 aliphatic heterocycles. The quantitative estimate of drug-likeness (QED) is 0.350. The van der Waals surface area contributed by atoms with E-state index in [0.717, 1.165) is 6.42 Å². The predicted octanol–water partition coefficient (Wildman–Crippen LogP) is 7.11. The van der Waals surface area contributed by atoms with Gasteiger partial charge in [0.15, 0.2) is 0 Å². The van der Waals surface area contributed by atoms with Gasteiger partial charge in [0.2, 0.25) is 0 Å². The van der Waals surface area contributed by atoms with Crippen molar-refractivity contribution < 1.29 is 0 Å². The van der Waals surface area contributed by atoms with E-state index in [-0.39, 0.29) is 0 Å². The largest absolute Gasteiger partial charge is 0.106 e. The van der Waals surface area contributed by atoms with Crippen LogP contribution in [-0.4, -0.2) is 0 Å².